The molecule has 0 amide bonds. The van der Waals surface area contributed by atoms with Gasteiger partial charge >= 0.3 is 6.18 Å². The van der Waals surface area contributed by atoms with Crippen LogP contribution in [0.1, 0.15) is 16.7 Å². The monoisotopic (exact) mass is 668 g/mol. The van der Waals surface area contributed by atoms with E-state index in [1.54, 1.807) is 48.5 Å². The van der Waals surface area contributed by atoms with Gasteiger partial charge in [-0.15, -0.1) is 0 Å². The van der Waals surface area contributed by atoms with Gasteiger partial charge in [0.1, 0.15) is 0 Å². The molecule has 2 heterocycles. The molecular weight excluding hydrogens is 645 g/mol. The van der Waals surface area contributed by atoms with Gasteiger partial charge in [-0.3, -0.25) is 0 Å². The first-order chi connectivity index (χ1) is 24.8. The Bertz CT molecular complexity index is 2580. The van der Waals surface area contributed by atoms with Crippen LogP contribution in [0.2, 0.25) is 0 Å². The second-order valence-corrected chi connectivity index (χ2v) is 11.8. The minimum atomic E-state index is -4.63. The smallest absolute Gasteiger partial charge is 0.309 e. The summed E-state index contributed by atoms with van der Waals surface area (Å²) in [5, 5.41) is 20.9. The third kappa shape index (κ3) is 5.63. The van der Waals surface area contributed by atoms with Crippen LogP contribution in [0.3, 0.4) is 0 Å². The number of hydrogen-bond donors (Lipinski definition) is 0. The lowest BCUT2D eigenvalue weighted by molar-refractivity contribution is -0.137. The number of fused-ring (bicyclic) bond motifs is 3. The van der Waals surface area contributed by atoms with Crippen molar-refractivity contribution in [3.05, 3.63) is 156 Å². The average molecular weight is 669 g/mol. The largest absolute Gasteiger partial charge is 0.417 e. The van der Waals surface area contributed by atoms with Gasteiger partial charge in [0.15, 0.2) is 17.5 Å². The highest BCUT2D eigenvalue weighted by molar-refractivity contribution is 6.10. The number of halogens is 3. The van der Waals surface area contributed by atoms with Gasteiger partial charge in [0.2, 0.25) is 0 Å². The van der Waals surface area contributed by atoms with Crippen LogP contribution in [0, 0.1) is 22.7 Å². The molecule has 2 aromatic heterocycles. The van der Waals surface area contributed by atoms with Crippen LogP contribution >= 0.6 is 0 Å². The molecule has 6 aromatic carbocycles. The Kier molecular flexibility index (Phi) is 7.59. The minimum absolute atomic E-state index is 0.0194. The van der Waals surface area contributed by atoms with E-state index in [1.807, 2.05) is 77.4 Å². The maximum absolute atomic E-state index is 14.5. The molecular formula is C42H23F3N6. The van der Waals surface area contributed by atoms with E-state index in [1.165, 1.54) is 12.1 Å². The van der Waals surface area contributed by atoms with Crippen molar-refractivity contribution in [2.24, 2.45) is 0 Å². The minimum Gasteiger partial charge on any atom is -0.309 e. The second kappa shape index (κ2) is 12.4. The van der Waals surface area contributed by atoms with E-state index in [4.69, 9.17) is 15.0 Å². The average Bonchev–Trinajstić information content (AvgIpc) is 3.50. The van der Waals surface area contributed by atoms with E-state index in [0.717, 1.165) is 39.0 Å². The first-order valence-electron chi connectivity index (χ1n) is 15.9. The van der Waals surface area contributed by atoms with Crippen molar-refractivity contribution in [1.82, 2.24) is 19.5 Å². The van der Waals surface area contributed by atoms with Gasteiger partial charge < -0.3 is 4.57 Å². The third-order valence-electron chi connectivity index (χ3n) is 8.75. The summed E-state index contributed by atoms with van der Waals surface area (Å²) in [6.45, 7) is 0. The lowest BCUT2D eigenvalue weighted by Crippen LogP contribution is -2.08. The summed E-state index contributed by atoms with van der Waals surface area (Å²) >= 11 is 0. The van der Waals surface area contributed by atoms with Crippen LogP contribution in [0.15, 0.2) is 140 Å². The van der Waals surface area contributed by atoms with E-state index in [-0.39, 0.29) is 17.0 Å². The van der Waals surface area contributed by atoms with E-state index in [9.17, 15) is 23.7 Å². The van der Waals surface area contributed by atoms with Crippen LogP contribution in [-0.2, 0) is 6.18 Å². The number of benzene rings is 6. The summed E-state index contributed by atoms with van der Waals surface area (Å²) in [6.07, 6.45) is -4.63. The molecule has 0 saturated heterocycles. The second-order valence-electron chi connectivity index (χ2n) is 11.8. The van der Waals surface area contributed by atoms with E-state index in [0.29, 0.717) is 34.0 Å². The molecule has 51 heavy (non-hydrogen) atoms. The molecule has 0 saturated carbocycles. The van der Waals surface area contributed by atoms with Crippen LogP contribution in [0.25, 0.3) is 72.8 Å². The predicted molar refractivity (Wildman–Crippen MR) is 190 cm³/mol. The summed E-state index contributed by atoms with van der Waals surface area (Å²) in [5.41, 5.74) is 4.30. The SMILES string of the molecule is N#Cc1ccc2c(c1)c1cc(C#N)ccc1n2-c1ccc(-c2ccccc2C(F)(F)F)c(-c2nc(-c3ccccc3)nc(-c3ccccc3)n2)c1. The summed E-state index contributed by atoms with van der Waals surface area (Å²) in [5.74, 6) is 0.922. The normalized spacial score (nSPS) is 11.4. The van der Waals surface area contributed by atoms with Crippen LogP contribution in [0.5, 0.6) is 0 Å². The molecule has 0 fully saturated rings. The summed E-state index contributed by atoms with van der Waals surface area (Å²) in [7, 11) is 0. The van der Waals surface area contributed by atoms with Gasteiger partial charge in [-0.25, -0.2) is 15.0 Å². The fourth-order valence-electron chi connectivity index (χ4n) is 6.43. The van der Waals surface area contributed by atoms with Gasteiger partial charge in [-0.05, 0) is 65.7 Å². The van der Waals surface area contributed by atoms with Crippen LogP contribution < -0.4 is 0 Å². The van der Waals surface area contributed by atoms with Gasteiger partial charge in [-0.1, -0.05) is 84.9 Å². The van der Waals surface area contributed by atoms with Crippen molar-refractivity contribution in [1.29, 1.82) is 10.5 Å². The van der Waals surface area contributed by atoms with E-state index < -0.39 is 11.7 Å². The molecule has 0 N–H and O–H groups in total. The molecule has 6 nitrogen and oxygen atoms in total. The molecule has 0 bridgehead atoms. The zero-order valence-electron chi connectivity index (χ0n) is 26.6. The highest BCUT2D eigenvalue weighted by Gasteiger charge is 2.34. The van der Waals surface area contributed by atoms with E-state index >= 15 is 0 Å². The Morgan fingerprint density at radius 2 is 1.00 bits per heavy atom. The number of hydrogen-bond acceptors (Lipinski definition) is 5. The van der Waals surface area contributed by atoms with Crippen molar-refractivity contribution >= 4 is 21.8 Å². The van der Waals surface area contributed by atoms with Crippen molar-refractivity contribution < 1.29 is 13.2 Å². The van der Waals surface area contributed by atoms with Gasteiger partial charge in [-0.2, -0.15) is 23.7 Å². The fraction of sp³-hybridized carbons (Fsp3) is 0.0238. The maximum atomic E-state index is 14.5. The standard InChI is InChI=1S/C42H23F3N6/c43-42(44,45)36-14-8-7-13-32(36)31-18-17-30(51-37-19-15-26(24-46)21-33(37)34-22-27(25-47)16-20-38(34)51)23-35(31)41-49-39(28-9-3-1-4-10-28)48-40(50-41)29-11-5-2-6-12-29/h1-23H. The highest BCUT2D eigenvalue weighted by Crippen LogP contribution is 2.42. The Morgan fingerprint density at radius 3 is 1.53 bits per heavy atom. The first kappa shape index (κ1) is 31.2. The molecule has 8 rings (SSSR count). The molecule has 0 aliphatic carbocycles. The molecule has 242 valence electrons. The molecule has 9 heteroatoms. The first-order valence-corrected chi connectivity index (χ1v) is 15.9. The lowest BCUT2D eigenvalue weighted by Gasteiger charge is -2.18. The number of rotatable bonds is 5. The Labute approximate surface area is 290 Å². The van der Waals surface area contributed by atoms with E-state index in [2.05, 4.69) is 12.1 Å². The summed E-state index contributed by atoms with van der Waals surface area (Å²) in [4.78, 5) is 14.6. The third-order valence-corrected chi connectivity index (χ3v) is 8.75. The van der Waals surface area contributed by atoms with Crippen molar-refractivity contribution in [2.45, 2.75) is 6.18 Å². The maximum Gasteiger partial charge on any atom is 0.417 e. The van der Waals surface area contributed by atoms with Crippen LogP contribution in [0.4, 0.5) is 13.2 Å². The fourth-order valence-corrected chi connectivity index (χ4v) is 6.43. The predicted octanol–water partition coefficient (Wildman–Crippen LogP) is 10.4. The van der Waals surface area contributed by atoms with Gasteiger partial charge in [0.05, 0.1) is 39.9 Å². The topological polar surface area (TPSA) is 91.2 Å². The Hall–Kier alpha value is -7.10. The van der Waals surface area contributed by atoms with Crippen molar-refractivity contribution in [2.75, 3.05) is 0 Å². The molecule has 0 spiro atoms. The lowest BCUT2D eigenvalue weighted by atomic mass is 9.94. The van der Waals surface area contributed by atoms with Gasteiger partial charge in [0, 0.05) is 33.2 Å². The van der Waals surface area contributed by atoms with Crippen molar-refractivity contribution in [3.63, 3.8) is 0 Å². The molecule has 0 atom stereocenters. The van der Waals surface area contributed by atoms with Gasteiger partial charge in [0.25, 0.3) is 0 Å². The quantitative estimate of drug-likeness (QED) is 0.182. The molecule has 8 aromatic rings. The zero-order chi connectivity index (χ0) is 35.1. The summed E-state index contributed by atoms with van der Waals surface area (Å²) in [6, 6.07) is 44.4. The number of nitriles is 2. The Balaban J connectivity index is 1.46. The zero-order valence-corrected chi connectivity index (χ0v) is 26.6. The Morgan fingerprint density at radius 1 is 0.490 bits per heavy atom. The number of aromatic nitrogens is 4. The van der Waals surface area contributed by atoms with Crippen LogP contribution in [-0.4, -0.2) is 19.5 Å². The molecule has 0 aliphatic rings. The molecule has 0 unspecified atom stereocenters. The molecule has 0 radical (unpaired) electrons. The number of alkyl halides is 3. The number of nitrogens with zero attached hydrogens (tertiary/aromatic N) is 6. The highest BCUT2D eigenvalue weighted by atomic mass is 19.4. The molecule has 0 aliphatic heterocycles. The summed E-state index contributed by atoms with van der Waals surface area (Å²) < 4.78 is 45.5. The van der Waals surface area contributed by atoms with Crippen molar-refractivity contribution in [3.8, 4) is 63.1 Å².